The van der Waals surface area contributed by atoms with E-state index in [4.69, 9.17) is 14.7 Å². The van der Waals surface area contributed by atoms with Gasteiger partial charge in [0.1, 0.15) is 6.61 Å². The second-order valence-corrected chi connectivity index (χ2v) is 2.97. The molecule has 5 heteroatoms. The Balaban J connectivity index is 3.43. The molecule has 0 saturated heterocycles. The zero-order chi connectivity index (χ0) is 11.5. The molecule has 5 nitrogen and oxygen atoms in total. The highest BCUT2D eigenvalue weighted by Gasteiger charge is 2.07. The molecule has 86 valence electrons. The highest BCUT2D eigenvalue weighted by molar-refractivity contribution is 5.77. The van der Waals surface area contributed by atoms with E-state index in [0.717, 1.165) is 0 Å². The number of likely N-dealkylation sites (N-methyl/N-ethyl adjacent to an activating group) is 1. The van der Waals surface area contributed by atoms with Gasteiger partial charge in [0.05, 0.1) is 25.7 Å². The first-order valence-corrected chi connectivity index (χ1v) is 4.98. The monoisotopic (exact) mass is 214 g/mol. The average Bonchev–Trinajstić information content (AvgIpc) is 2.25. The van der Waals surface area contributed by atoms with E-state index >= 15 is 0 Å². The van der Waals surface area contributed by atoms with Crippen molar-refractivity contribution in [2.45, 2.75) is 13.3 Å². The Kier molecular flexibility index (Phi) is 8.73. The number of ether oxygens (including phenoxy) is 2. The number of hydrogen-bond acceptors (Lipinski definition) is 4. The van der Waals surface area contributed by atoms with E-state index in [2.05, 4.69) is 0 Å². The Hall–Kier alpha value is -1.12. The molecule has 0 rings (SSSR count). The molecule has 0 aliphatic carbocycles. The number of rotatable bonds is 8. The van der Waals surface area contributed by atoms with Crippen molar-refractivity contribution in [1.82, 2.24) is 4.90 Å². The van der Waals surface area contributed by atoms with Gasteiger partial charge in [0.15, 0.2) is 0 Å². The average molecular weight is 214 g/mol. The summed E-state index contributed by atoms with van der Waals surface area (Å²) < 4.78 is 10.1. The third kappa shape index (κ3) is 7.91. The van der Waals surface area contributed by atoms with Crippen LogP contribution in [0, 0.1) is 11.3 Å². The number of nitrogens with zero attached hydrogens (tertiary/aromatic N) is 2. The van der Waals surface area contributed by atoms with Crippen molar-refractivity contribution in [1.29, 1.82) is 5.26 Å². The Labute approximate surface area is 90.6 Å². The van der Waals surface area contributed by atoms with Crippen LogP contribution in [0.4, 0.5) is 0 Å². The fraction of sp³-hybridized carbons (Fsp3) is 0.800. The molecule has 1 amide bonds. The Morgan fingerprint density at radius 3 is 2.67 bits per heavy atom. The molecule has 0 spiro atoms. The summed E-state index contributed by atoms with van der Waals surface area (Å²) in [5.74, 6) is -0.109. The molecule has 0 fully saturated rings. The van der Waals surface area contributed by atoms with Crippen LogP contribution in [0.2, 0.25) is 0 Å². The Bertz CT molecular complexity index is 213. The van der Waals surface area contributed by atoms with Crippen molar-refractivity contribution in [3.63, 3.8) is 0 Å². The first-order chi connectivity index (χ1) is 7.22. The maximum Gasteiger partial charge on any atom is 0.248 e. The highest BCUT2D eigenvalue weighted by atomic mass is 16.5. The van der Waals surface area contributed by atoms with Crippen LogP contribution in [0.5, 0.6) is 0 Å². The van der Waals surface area contributed by atoms with E-state index in [0.29, 0.717) is 32.8 Å². The van der Waals surface area contributed by atoms with Crippen LogP contribution in [0.25, 0.3) is 0 Å². The molecule has 0 aromatic rings. The zero-order valence-electron chi connectivity index (χ0n) is 9.36. The summed E-state index contributed by atoms with van der Waals surface area (Å²) in [5.41, 5.74) is 0. The molecule has 0 aliphatic rings. The van der Waals surface area contributed by atoms with Crippen LogP contribution < -0.4 is 0 Å². The standard InChI is InChI=1S/C10H18N2O3/c1-3-14-7-8-15-9-10(13)12(2)6-4-5-11/h3-4,6-9H2,1-2H3. The predicted octanol–water partition coefficient (Wildman–Crippen LogP) is 0.412. The SMILES string of the molecule is CCOCCOCC(=O)N(C)CCC#N. The van der Waals surface area contributed by atoms with E-state index in [1.54, 1.807) is 7.05 Å². The van der Waals surface area contributed by atoms with Crippen molar-refractivity contribution < 1.29 is 14.3 Å². The van der Waals surface area contributed by atoms with Crippen molar-refractivity contribution in [3.8, 4) is 6.07 Å². The lowest BCUT2D eigenvalue weighted by Gasteiger charge is -2.15. The van der Waals surface area contributed by atoms with Gasteiger partial charge >= 0.3 is 0 Å². The third-order valence-corrected chi connectivity index (χ3v) is 1.79. The molecule has 0 aromatic heterocycles. The molecular weight excluding hydrogens is 196 g/mol. The number of amides is 1. The van der Waals surface area contributed by atoms with Crippen molar-refractivity contribution in [2.75, 3.05) is 40.0 Å². The molecule has 0 unspecified atom stereocenters. The number of hydrogen-bond donors (Lipinski definition) is 0. The topological polar surface area (TPSA) is 62.6 Å². The minimum Gasteiger partial charge on any atom is -0.379 e. The Morgan fingerprint density at radius 2 is 2.07 bits per heavy atom. The van der Waals surface area contributed by atoms with E-state index in [1.165, 1.54) is 4.90 Å². The highest BCUT2D eigenvalue weighted by Crippen LogP contribution is 1.89. The molecule has 0 heterocycles. The summed E-state index contributed by atoms with van der Waals surface area (Å²) in [7, 11) is 1.66. The summed E-state index contributed by atoms with van der Waals surface area (Å²) in [6, 6.07) is 1.98. The van der Waals surface area contributed by atoms with Crippen LogP contribution in [-0.2, 0) is 14.3 Å². The fourth-order valence-electron chi connectivity index (χ4n) is 0.874. The normalized spacial score (nSPS) is 9.67. The smallest absolute Gasteiger partial charge is 0.248 e. The van der Waals surface area contributed by atoms with Gasteiger partial charge in [-0.05, 0) is 6.92 Å². The number of carbonyl (C=O) groups excluding carboxylic acids is 1. The fourth-order valence-corrected chi connectivity index (χ4v) is 0.874. The molecule has 0 atom stereocenters. The van der Waals surface area contributed by atoms with E-state index < -0.39 is 0 Å². The summed E-state index contributed by atoms with van der Waals surface area (Å²) in [4.78, 5) is 12.8. The van der Waals surface area contributed by atoms with E-state index in [1.807, 2.05) is 13.0 Å². The molecule has 0 aromatic carbocycles. The molecule has 0 saturated carbocycles. The largest absolute Gasteiger partial charge is 0.379 e. The maximum atomic E-state index is 11.3. The van der Waals surface area contributed by atoms with Gasteiger partial charge in [0.2, 0.25) is 5.91 Å². The molecular formula is C10H18N2O3. The lowest BCUT2D eigenvalue weighted by atomic mass is 10.4. The van der Waals surface area contributed by atoms with Crippen molar-refractivity contribution >= 4 is 5.91 Å². The molecule has 0 aliphatic heterocycles. The predicted molar refractivity (Wildman–Crippen MR) is 55.2 cm³/mol. The quantitative estimate of drug-likeness (QED) is 0.549. The van der Waals surface area contributed by atoms with Crippen LogP contribution in [0.15, 0.2) is 0 Å². The van der Waals surface area contributed by atoms with Crippen LogP contribution >= 0.6 is 0 Å². The first-order valence-electron chi connectivity index (χ1n) is 4.98. The Morgan fingerprint density at radius 1 is 1.40 bits per heavy atom. The van der Waals surface area contributed by atoms with Crippen LogP contribution in [0.1, 0.15) is 13.3 Å². The maximum absolute atomic E-state index is 11.3. The van der Waals surface area contributed by atoms with Gasteiger partial charge in [0, 0.05) is 20.2 Å². The third-order valence-electron chi connectivity index (χ3n) is 1.79. The second-order valence-electron chi connectivity index (χ2n) is 2.97. The van der Waals surface area contributed by atoms with Gasteiger partial charge in [-0.2, -0.15) is 5.26 Å². The second kappa shape index (κ2) is 9.44. The minimum atomic E-state index is -0.109. The lowest BCUT2D eigenvalue weighted by Crippen LogP contribution is -2.31. The number of nitriles is 1. The summed E-state index contributed by atoms with van der Waals surface area (Å²) in [6.07, 6.45) is 0.348. The zero-order valence-corrected chi connectivity index (χ0v) is 9.36. The lowest BCUT2D eigenvalue weighted by molar-refractivity contribution is -0.135. The molecule has 15 heavy (non-hydrogen) atoms. The summed E-state index contributed by atoms with van der Waals surface area (Å²) in [6.45, 7) is 3.98. The summed E-state index contributed by atoms with van der Waals surface area (Å²) in [5, 5.41) is 8.33. The molecule has 0 radical (unpaired) electrons. The van der Waals surface area contributed by atoms with Crippen LogP contribution in [-0.4, -0.2) is 50.8 Å². The summed E-state index contributed by atoms with van der Waals surface area (Å²) >= 11 is 0. The van der Waals surface area contributed by atoms with Crippen molar-refractivity contribution in [3.05, 3.63) is 0 Å². The van der Waals surface area contributed by atoms with Gasteiger partial charge in [-0.25, -0.2) is 0 Å². The van der Waals surface area contributed by atoms with Crippen LogP contribution in [0.3, 0.4) is 0 Å². The van der Waals surface area contributed by atoms with E-state index in [9.17, 15) is 4.79 Å². The van der Waals surface area contributed by atoms with Gasteiger partial charge < -0.3 is 14.4 Å². The number of carbonyl (C=O) groups is 1. The molecule has 0 N–H and O–H groups in total. The van der Waals surface area contributed by atoms with E-state index in [-0.39, 0.29) is 12.5 Å². The van der Waals surface area contributed by atoms with Gasteiger partial charge in [0.25, 0.3) is 0 Å². The van der Waals surface area contributed by atoms with Gasteiger partial charge in [-0.3, -0.25) is 4.79 Å². The van der Waals surface area contributed by atoms with Gasteiger partial charge in [-0.15, -0.1) is 0 Å². The van der Waals surface area contributed by atoms with Gasteiger partial charge in [-0.1, -0.05) is 0 Å². The minimum absolute atomic E-state index is 0.0506. The van der Waals surface area contributed by atoms with Crippen molar-refractivity contribution in [2.24, 2.45) is 0 Å². The molecule has 0 bridgehead atoms. The first kappa shape index (κ1) is 13.9.